The van der Waals surface area contributed by atoms with Crippen LogP contribution in [0.15, 0.2) is 52.5 Å². The molecule has 0 N–H and O–H groups in total. The number of ether oxygens (including phenoxy) is 2. The van der Waals surface area contributed by atoms with E-state index in [0.717, 1.165) is 12.0 Å². The van der Waals surface area contributed by atoms with Crippen LogP contribution < -0.4 is 4.74 Å². The third-order valence-corrected chi connectivity index (χ3v) is 4.55. The first-order valence-electron chi connectivity index (χ1n) is 9.47. The van der Waals surface area contributed by atoms with E-state index in [1.54, 1.807) is 19.3 Å². The fourth-order valence-electron chi connectivity index (χ4n) is 3.01. The summed E-state index contributed by atoms with van der Waals surface area (Å²) in [6.07, 6.45) is 7.31. The molecular weight excluding hydrogens is 390 g/mol. The molecule has 8 heteroatoms. The molecule has 0 saturated heterocycles. The summed E-state index contributed by atoms with van der Waals surface area (Å²) in [6.45, 7) is 3.90. The number of halogens is 2. The number of fused-ring (bicyclic) bond motifs is 2. The minimum absolute atomic E-state index is 0.314. The molecule has 0 spiro atoms. The van der Waals surface area contributed by atoms with Gasteiger partial charge in [0.1, 0.15) is 11.6 Å². The van der Waals surface area contributed by atoms with Crippen LogP contribution in [-0.4, -0.2) is 35.8 Å². The largest absolute Gasteiger partial charge is 0.481 e. The topological polar surface area (TPSA) is 69.0 Å². The molecule has 0 fully saturated rings. The molecule has 4 rings (SSSR count). The Balaban J connectivity index is 0.000000171. The molecule has 0 saturated carbocycles. The Kier molecular flexibility index (Phi) is 6.87. The van der Waals surface area contributed by atoms with E-state index >= 15 is 0 Å². The molecule has 0 amide bonds. The highest BCUT2D eigenvalue weighted by Gasteiger charge is 2.33. The molecule has 2 aromatic heterocycles. The van der Waals surface area contributed by atoms with Crippen LogP contribution in [0, 0.1) is 17.8 Å². The van der Waals surface area contributed by atoms with E-state index in [1.807, 2.05) is 19.9 Å². The number of aromatic nitrogens is 2. The van der Waals surface area contributed by atoms with Crippen molar-refractivity contribution in [3.05, 3.63) is 65.8 Å². The fraction of sp³-hybridized carbons (Fsp3) is 0.273. The Bertz CT molecular complexity index is 1050. The molecule has 0 bridgehead atoms. The number of hydrogen-bond acceptors (Lipinski definition) is 6. The van der Waals surface area contributed by atoms with Gasteiger partial charge in [0.2, 0.25) is 11.8 Å². The molecule has 0 aliphatic carbocycles. The van der Waals surface area contributed by atoms with Gasteiger partial charge in [0, 0.05) is 17.7 Å². The van der Waals surface area contributed by atoms with E-state index in [-0.39, 0.29) is 11.6 Å². The molecule has 6 nitrogen and oxygen atoms in total. The molecular formula is C22H22F2N4O2. The molecule has 2 aliphatic heterocycles. The number of hydrogen-bond donors (Lipinski definition) is 0. The zero-order chi connectivity index (χ0) is 21.7. The maximum atomic E-state index is 13.4. The van der Waals surface area contributed by atoms with Crippen molar-refractivity contribution in [2.45, 2.75) is 26.7 Å². The highest BCUT2D eigenvalue weighted by molar-refractivity contribution is 6.15. The molecule has 0 atom stereocenters. The highest BCUT2D eigenvalue weighted by atomic mass is 19.1. The van der Waals surface area contributed by atoms with Crippen LogP contribution in [0.25, 0.3) is 11.0 Å². The second-order valence-electron chi connectivity index (χ2n) is 6.36. The molecule has 30 heavy (non-hydrogen) atoms. The summed E-state index contributed by atoms with van der Waals surface area (Å²) in [5.41, 5.74) is 2.87. The number of pyridine rings is 2. The lowest BCUT2D eigenvalue weighted by molar-refractivity contribution is 0.394. The van der Waals surface area contributed by atoms with Crippen LogP contribution in [-0.2, 0) is 11.2 Å². The Hall–Kier alpha value is -3.16. The molecule has 2 radical (unpaired) electrons. The Labute approximate surface area is 174 Å². The number of aliphatic imine (C=N–C) groups is 2. The van der Waals surface area contributed by atoms with E-state index < -0.39 is 0 Å². The zero-order valence-corrected chi connectivity index (χ0v) is 17.2. The van der Waals surface area contributed by atoms with Gasteiger partial charge in [0.05, 0.1) is 49.3 Å². The van der Waals surface area contributed by atoms with E-state index in [9.17, 15) is 8.78 Å². The predicted molar refractivity (Wildman–Crippen MR) is 112 cm³/mol. The van der Waals surface area contributed by atoms with Crippen LogP contribution in [0.2, 0.25) is 0 Å². The van der Waals surface area contributed by atoms with Gasteiger partial charge >= 0.3 is 0 Å². The summed E-state index contributed by atoms with van der Waals surface area (Å²) in [4.78, 5) is 16.3. The minimum Gasteiger partial charge on any atom is -0.481 e. The van der Waals surface area contributed by atoms with Gasteiger partial charge in [-0.1, -0.05) is 13.8 Å². The number of aryl methyl sites for hydroxylation is 1. The summed E-state index contributed by atoms with van der Waals surface area (Å²) in [7, 11) is 3.09. The maximum absolute atomic E-state index is 13.4. The number of dihydropyridines is 1. The lowest BCUT2D eigenvalue weighted by Crippen LogP contribution is -2.24. The molecule has 2 aromatic rings. The third kappa shape index (κ3) is 4.53. The lowest BCUT2D eigenvalue weighted by Gasteiger charge is -2.25. The fourth-order valence-corrected chi connectivity index (χ4v) is 3.01. The highest BCUT2D eigenvalue weighted by Crippen LogP contribution is 2.36. The van der Waals surface area contributed by atoms with Crippen molar-refractivity contribution in [3.63, 3.8) is 0 Å². The molecule has 0 unspecified atom stereocenters. The standard InChI is InChI=1S/2C11H11FN2O/c1-3-7-4-9-10(14-11(7)15-2)5-8(12)6-13-9;1-3-7-8(12)6-13-9-4-5-10(15-2)14-11(7)9/h2*4-6H,3H2,1-2H3. The normalized spacial score (nSPS) is 16.1. The van der Waals surface area contributed by atoms with Crippen molar-refractivity contribution in [2.75, 3.05) is 14.2 Å². The van der Waals surface area contributed by atoms with Crippen molar-refractivity contribution < 1.29 is 18.3 Å². The van der Waals surface area contributed by atoms with Gasteiger partial charge < -0.3 is 9.47 Å². The summed E-state index contributed by atoms with van der Waals surface area (Å²) >= 11 is 0. The second kappa shape index (κ2) is 9.56. The van der Waals surface area contributed by atoms with Gasteiger partial charge in [-0.25, -0.2) is 18.8 Å². The Morgan fingerprint density at radius 1 is 0.967 bits per heavy atom. The lowest BCUT2D eigenvalue weighted by atomic mass is 9.89. The summed E-state index contributed by atoms with van der Waals surface area (Å²) in [5, 5.41) is 0. The Morgan fingerprint density at radius 2 is 1.77 bits per heavy atom. The molecule has 0 aromatic carbocycles. The van der Waals surface area contributed by atoms with Crippen molar-refractivity contribution in [1.82, 2.24) is 9.97 Å². The first-order chi connectivity index (χ1) is 14.5. The third-order valence-electron chi connectivity index (χ3n) is 4.55. The molecule has 2 aliphatic rings. The molecule has 156 valence electrons. The van der Waals surface area contributed by atoms with Gasteiger partial charge in [0.25, 0.3) is 0 Å². The van der Waals surface area contributed by atoms with Crippen molar-refractivity contribution >= 4 is 22.6 Å². The number of nitrogens with zero attached hydrogens (tertiary/aromatic N) is 4. The molecule has 4 heterocycles. The van der Waals surface area contributed by atoms with Gasteiger partial charge in [-0.05, 0) is 25.0 Å². The zero-order valence-electron chi connectivity index (χ0n) is 17.2. The summed E-state index contributed by atoms with van der Waals surface area (Å²) < 4.78 is 36.4. The maximum Gasteiger partial charge on any atom is 0.216 e. The average molecular weight is 412 g/mol. The van der Waals surface area contributed by atoms with E-state index in [0.29, 0.717) is 46.9 Å². The van der Waals surface area contributed by atoms with Crippen LogP contribution in [0.1, 0.15) is 25.8 Å². The average Bonchev–Trinajstić information content (AvgIpc) is 2.78. The van der Waals surface area contributed by atoms with Gasteiger partial charge in [-0.3, -0.25) is 9.98 Å². The van der Waals surface area contributed by atoms with Crippen molar-refractivity contribution in [3.8, 4) is 5.88 Å². The number of methoxy groups -OCH3 is 2. The van der Waals surface area contributed by atoms with E-state index in [4.69, 9.17) is 9.47 Å². The SMILES string of the molecule is CC[C]1[C]2N=C(OC)C=CC2=NC=C1F.CCc1cc2ncc(F)cc2nc1OC. The van der Waals surface area contributed by atoms with Crippen LogP contribution in [0.5, 0.6) is 5.88 Å². The summed E-state index contributed by atoms with van der Waals surface area (Å²) in [6, 6.07) is 3.81. The van der Waals surface area contributed by atoms with Gasteiger partial charge in [-0.15, -0.1) is 0 Å². The van der Waals surface area contributed by atoms with E-state index in [1.165, 1.54) is 25.6 Å². The van der Waals surface area contributed by atoms with Crippen molar-refractivity contribution in [1.29, 1.82) is 0 Å². The van der Waals surface area contributed by atoms with Gasteiger partial charge in [0.15, 0.2) is 6.04 Å². The second-order valence-corrected chi connectivity index (χ2v) is 6.36. The smallest absolute Gasteiger partial charge is 0.216 e. The first-order valence-corrected chi connectivity index (χ1v) is 9.47. The quantitative estimate of drug-likeness (QED) is 0.731. The van der Waals surface area contributed by atoms with E-state index in [2.05, 4.69) is 20.0 Å². The van der Waals surface area contributed by atoms with Crippen LogP contribution in [0.3, 0.4) is 0 Å². The monoisotopic (exact) mass is 412 g/mol. The van der Waals surface area contributed by atoms with Crippen LogP contribution in [0.4, 0.5) is 8.78 Å². The summed E-state index contributed by atoms with van der Waals surface area (Å²) in [5.74, 6) is 0.896. The predicted octanol–water partition coefficient (Wildman–Crippen LogP) is 4.72. The Morgan fingerprint density at radius 3 is 2.43 bits per heavy atom. The number of rotatable bonds is 3. The van der Waals surface area contributed by atoms with Crippen LogP contribution >= 0.6 is 0 Å². The van der Waals surface area contributed by atoms with Gasteiger partial charge in [-0.2, -0.15) is 0 Å². The minimum atomic E-state index is -0.388. The first kappa shape index (κ1) is 21.5. The van der Waals surface area contributed by atoms with Crippen molar-refractivity contribution in [2.24, 2.45) is 9.98 Å².